The number of nitrogens with one attached hydrogen (secondary N) is 1. The van der Waals surface area contributed by atoms with Crippen LogP contribution in [0.3, 0.4) is 0 Å². The normalized spacial score (nSPS) is 11.1. The molecule has 1 N–H and O–H groups in total. The zero-order valence-electron chi connectivity index (χ0n) is 16.7. The van der Waals surface area contributed by atoms with Crippen molar-refractivity contribution in [3.8, 4) is 0 Å². The molecule has 1 amide bonds. The molecule has 0 atom stereocenters. The summed E-state index contributed by atoms with van der Waals surface area (Å²) in [4.78, 5) is 12.9. The lowest BCUT2D eigenvalue weighted by Crippen LogP contribution is -2.38. The van der Waals surface area contributed by atoms with Crippen molar-refractivity contribution in [2.45, 2.75) is 25.7 Å². The molecule has 0 unspecified atom stereocenters. The summed E-state index contributed by atoms with van der Waals surface area (Å²) < 4.78 is 27.7. The number of carbonyl (C=O) groups is 1. The second-order valence-electron chi connectivity index (χ2n) is 7.03. The summed E-state index contributed by atoms with van der Waals surface area (Å²) in [5, 5.41) is 2.84. The van der Waals surface area contributed by atoms with E-state index < -0.39 is 15.9 Å². The Labute approximate surface area is 172 Å². The first-order chi connectivity index (χ1) is 13.8. The van der Waals surface area contributed by atoms with E-state index in [2.05, 4.69) is 5.32 Å². The van der Waals surface area contributed by atoms with E-state index in [9.17, 15) is 13.2 Å². The number of nitrogens with zero attached hydrogens (tertiary/aromatic N) is 1. The molecule has 0 saturated carbocycles. The average molecular weight is 409 g/mol. The Morgan fingerprint density at radius 1 is 0.862 bits per heavy atom. The number of benzene rings is 3. The summed E-state index contributed by atoms with van der Waals surface area (Å²) in [6.07, 6.45) is 0. The molecule has 150 valence electrons. The number of anilines is 2. The van der Waals surface area contributed by atoms with Crippen LogP contribution < -0.4 is 9.62 Å². The van der Waals surface area contributed by atoms with Crippen molar-refractivity contribution >= 4 is 27.3 Å². The standard InChI is InChI=1S/C23H24N2O3S/c1-17-10-13-20(14-11-17)25(29(27,28)21-7-5-4-6-8-21)16-23(26)24-22-15-18(2)9-12-19(22)3/h4-15H,16H2,1-3H3,(H,24,26). The third-order valence-electron chi connectivity index (χ3n) is 4.61. The first kappa shape index (κ1) is 20.6. The Balaban J connectivity index is 1.94. The molecule has 3 aromatic carbocycles. The molecule has 6 heteroatoms. The van der Waals surface area contributed by atoms with Gasteiger partial charge in [-0.15, -0.1) is 0 Å². The third-order valence-corrected chi connectivity index (χ3v) is 6.40. The lowest BCUT2D eigenvalue weighted by molar-refractivity contribution is -0.114. The van der Waals surface area contributed by atoms with E-state index in [-0.39, 0.29) is 11.4 Å². The van der Waals surface area contributed by atoms with Gasteiger partial charge in [-0.25, -0.2) is 8.42 Å². The molecule has 0 aromatic heterocycles. The maximum absolute atomic E-state index is 13.3. The Morgan fingerprint density at radius 3 is 2.14 bits per heavy atom. The number of sulfonamides is 1. The fourth-order valence-corrected chi connectivity index (χ4v) is 4.38. The average Bonchev–Trinajstić information content (AvgIpc) is 2.70. The number of rotatable bonds is 6. The number of carbonyl (C=O) groups excluding carboxylic acids is 1. The van der Waals surface area contributed by atoms with E-state index in [0.717, 1.165) is 21.0 Å². The molecule has 0 heterocycles. The van der Waals surface area contributed by atoms with Crippen LogP contribution in [0, 0.1) is 20.8 Å². The van der Waals surface area contributed by atoms with Gasteiger partial charge in [0.05, 0.1) is 10.6 Å². The van der Waals surface area contributed by atoms with Crippen LogP contribution in [0.15, 0.2) is 77.7 Å². The Morgan fingerprint density at radius 2 is 1.48 bits per heavy atom. The van der Waals surface area contributed by atoms with Gasteiger partial charge < -0.3 is 5.32 Å². The van der Waals surface area contributed by atoms with Crippen LogP contribution in [-0.4, -0.2) is 20.9 Å². The van der Waals surface area contributed by atoms with Gasteiger partial charge in [0, 0.05) is 5.69 Å². The fraction of sp³-hybridized carbons (Fsp3) is 0.174. The SMILES string of the molecule is Cc1ccc(N(CC(=O)Nc2cc(C)ccc2C)S(=O)(=O)c2ccccc2)cc1. The molecular formula is C23H24N2O3S. The summed E-state index contributed by atoms with van der Waals surface area (Å²) in [6, 6.07) is 21.0. The number of aryl methyl sites for hydroxylation is 3. The number of amides is 1. The molecule has 0 aliphatic rings. The summed E-state index contributed by atoms with van der Waals surface area (Å²) in [5.74, 6) is -0.404. The monoisotopic (exact) mass is 408 g/mol. The second-order valence-corrected chi connectivity index (χ2v) is 8.89. The molecular weight excluding hydrogens is 384 g/mol. The Bertz CT molecular complexity index is 1110. The minimum Gasteiger partial charge on any atom is -0.324 e. The van der Waals surface area contributed by atoms with Gasteiger partial charge in [-0.1, -0.05) is 48.0 Å². The molecule has 0 aliphatic carbocycles. The summed E-state index contributed by atoms with van der Waals surface area (Å²) >= 11 is 0. The lowest BCUT2D eigenvalue weighted by atomic mass is 10.1. The molecule has 29 heavy (non-hydrogen) atoms. The Hall–Kier alpha value is -3.12. The molecule has 0 saturated heterocycles. The summed E-state index contributed by atoms with van der Waals surface area (Å²) in [7, 11) is -3.90. The van der Waals surface area contributed by atoms with Crippen LogP contribution in [0.2, 0.25) is 0 Å². The maximum Gasteiger partial charge on any atom is 0.264 e. The smallest absolute Gasteiger partial charge is 0.264 e. The van der Waals surface area contributed by atoms with Gasteiger partial charge in [-0.05, 0) is 62.2 Å². The summed E-state index contributed by atoms with van der Waals surface area (Å²) in [5.41, 5.74) is 4.05. The van der Waals surface area contributed by atoms with Crippen LogP contribution in [0.4, 0.5) is 11.4 Å². The van der Waals surface area contributed by atoms with Crippen molar-refractivity contribution in [3.05, 3.63) is 89.5 Å². The van der Waals surface area contributed by atoms with Gasteiger partial charge in [0.1, 0.15) is 6.54 Å². The number of hydrogen-bond donors (Lipinski definition) is 1. The van der Waals surface area contributed by atoms with Crippen LogP contribution in [0.1, 0.15) is 16.7 Å². The molecule has 0 bridgehead atoms. The zero-order chi connectivity index (χ0) is 21.0. The van der Waals surface area contributed by atoms with Crippen LogP contribution in [0.25, 0.3) is 0 Å². The van der Waals surface area contributed by atoms with Gasteiger partial charge in [-0.2, -0.15) is 0 Å². The predicted octanol–water partition coefficient (Wildman–Crippen LogP) is 4.45. The predicted molar refractivity (Wildman–Crippen MR) is 117 cm³/mol. The minimum atomic E-state index is -3.90. The molecule has 3 aromatic rings. The van der Waals surface area contributed by atoms with Crippen LogP contribution in [0.5, 0.6) is 0 Å². The summed E-state index contributed by atoms with van der Waals surface area (Å²) in [6.45, 7) is 5.43. The third kappa shape index (κ3) is 4.84. The molecule has 0 fully saturated rings. The molecule has 5 nitrogen and oxygen atoms in total. The zero-order valence-corrected chi connectivity index (χ0v) is 17.5. The second kappa shape index (κ2) is 8.49. The van der Waals surface area contributed by atoms with Crippen molar-refractivity contribution in [1.29, 1.82) is 0 Å². The van der Waals surface area contributed by atoms with E-state index in [1.807, 2.05) is 51.1 Å². The minimum absolute atomic E-state index is 0.139. The van der Waals surface area contributed by atoms with Gasteiger partial charge in [0.2, 0.25) is 5.91 Å². The van der Waals surface area contributed by atoms with Crippen LogP contribution >= 0.6 is 0 Å². The Kier molecular flexibility index (Phi) is 6.03. The number of hydrogen-bond acceptors (Lipinski definition) is 3. The van der Waals surface area contributed by atoms with E-state index >= 15 is 0 Å². The fourth-order valence-electron chi connectivity index (χ4n) is 2.94. The highest BCUT2D eigenvalue weighted by Crippen LogP contribution is 2.24. The van der Waals surface area contributed by atoms with Gasteiger partial charge in [0.15, 0.2) is 0 Å². The van der Waals surface area contributed by atoms with E-state index in [1.165, 1.54) is 12.1 Å². The van der Waals surface area contributed by atoms with Crippen molar-refractivity contribution in [2.24, 2.45) is 0 Å². The topological polar surface area (TPSA) is 66.5 Å². The highest BCUT2D eigenvalue weighted by atomic mass is 32.2. The molecule has 3 rings (SSSR count). The van der Waals surface area contributed by atoms with Crippen molar-refractivity contribution < 1.29 is 13.2 Å². The van der Waals surface area contributed by atoms with Gasteiger partial charge in [-0.3, -0.25) is 9.10 Å². The molecule has 0 radical (unpaired) electrons. The van der Waals surface area contributed by atoms with Crippen LogP contribution in [-0.2, 0) is 14.8 Å². The van der Waals surface area contributed by atoms with Gasteiger partial charge >= 0.3 is 0 Å². The first-order valence-corrected chi connectivity index (χ1v) is 10.7. The largest absolute Gasteiger partial charge is 0.324 e. The lowest BCUT2D eigenvalue weighted by Gasteiger charge is -2.24. The maximum atomic E-state index is 13.3. The van der Waals surface area contributed by atoms with E-state index in [0.29, 0.717) is 11.4 Å². The van der Waals surface area contributed by atoms with Crippen molar-refractivity contribution in [2.75, 3.05) is 16.2 Å². The highest BCUT2D eigenvalue weighted by molar-refractivity contribution is 7.92. The van der Waals surface area contributed by atoms with E-state index in [4.69, 9.17) is 0 Å². The highest BCUT2D eigenvalue weighted by Gasteiger charge is 2.27. The van der Waals surface area contributed by atoms with Gasteiger partial charge in [0.25, 0.3) is 10.0 Å². The van der Waals surface area contributed by atoms with Crippen molar-refractivity contribution in [3.63, 3.8) is 0 Å². The first-order valence-electron chi connectivity index (χ1n) is 9.29. The quantitative estimate of drug-likeness (QED) is 0.655. The molecule has 0 spiro atoms. The molecule has 0 aliphatic heterocycles. The van der Waals surface area contributed by atoms with Crippen molar-refractivity contribution in [1.82, 2.24) is 0 Å². The van der Waals surface area contributed by atoms with E-state index in [1.54, 1.807) is 30.3 Å².